The fraction of sp³-hybridized carbons (Fsp3) is 0.462. The lowest BCUT2D eigenvalue weighted by molar-refractivity contribution is 0.245. The van der Waals surface area contributed by atoms with Gasteiger partial charge >= 0.3 is 0 Å². The van der Waals surface area contributed by atoms with E-state index in [1.807, 2.05) is 6.07 Å². The van der Waals surface area contributed by atoms with E-state index < -0.39 is 15.6 Å². The zero-order chi connectivity index (χ0) is 14.7. The van der Waals surface area contributed by atoms with E-state index in [1.54, 1.807) is 20.8 Å². The highest BCUT2D eigenvalue weighted by molar-refractivity contribution is 7.89. The molecule has 6 heteroatoms. The molecule has 0 saturated heterocycles. The first-order valence-electron chi connectivity index (χ1n) is 5.87. The van der Waals surface area contributed by atoms with Crippen molar-refractivity contribution in [3.63, 3.8) is 0 Å². The highest BCUT2D eigenvalue weighted by atomic mass is 32.2. The number of nitriles is 1. The number of nitrogens with one attached hydrogen (secondary N) is 1. The second kappa shape index (κ2) is 5.70. The molecule has 0 saturated carbocycles. The van der Waals surface area contributed by atoms with E-state index in [0.717, 1.165) is 0 Å². The van der Waals surface area contributed by atoms with Crippen molar-refractivity contribution in [2.45, 2.75) is 37.6 Å². The van der Waals surface area contributed by atoms with E-state index in [9.17, 15) is 8.42 Å². The summed E-state index contributed by atoms with van der Waals surface area (Å²) in [5.41, 5.74) is 0.214. The van der Waals surface area contributed by atoms with Crippen molar-refractivity contribution < 1.29 is 13.5 Å². The fourth-order valence-corrected chi connectivity index (χ4v) is 3.44. The number of hydrogen-bond acceptors (Lipinski definition) is 4. The Morgan fingerprint density at radius 3 is 2.53 bits per heavy atom. The zero-order valence-electron chi connectivity index (χ0n) is 11.3. The van der Waals surface area contributed by atoms with Crippen LogP contribution in [0.5, 0.6) is 0 Å². The second-order valence-corrected chi connectivity index (χ2v) is 6.71. The molecule has 0 atom stereocenters. The van der Waals surface area contributed by atoms with Crippen LogP contribution in [0, 0.1) is 18.3 Å². The maximum absolute atomic E-state index is 12.3. The average Bonchev–Trinajstić information content (AvgIpc) is 2.26. The SMILES string of the molecule is Cc1cc(C#N)ccc1S(=O)(=O)NC(C)(C)CCO. The first-order valence-corrected chi connectivity index (χ1v) is 7.36. The fourth-order valence-electron chi connectivity index (χ4n) is 1.77. The normalized spacial score (nSPS) is 12.2. The molecular weight excluding hydrogens is 264 g/mol. The van der Waals surface area contributed by atoms with Gasteiger partial charge in [0.05, 0.1) is 16.5 Å². The van der Waals surface area contributed by atoms with Gasteiger partial charge in [0.25, 0.3) is 0 Å². The number of benzene rings is 1. The minimum atomic E-state index is -3.67. The lowest BCUT2D eigenvalue weighted by Gasteiger charge is -2.25. The molecule has 19 heavy (non-hydrogen) atoms. The Kier molecular flexibility index (Phi) is 4.69. The third-order valence-electron chi connectivity index (χ3n) is 2.74. The monoisotopic (exact) mass is 282 g/mol. The molecule has 5 nitrogen and oxygen atoms in total. The van der Waals surface area contributed by atoms with Crippen molar-refractivity contribution in [3.05, 3.63) is 29.3 Å². The van der Waals surface area contributed by atoms with Gasteiger partial charge < -0.3 is 5.11 Å². The molecule has 0 heterocycles. The first kappa shape index (κ1) is 15.6. The molecule has 0 amide bonds. The Morgan fingerprint density at radius 2 is 2.05 bits per heavy atom. The van der Waals surface area contributed by atoms with Gasteiger partial charge in [-0.25, -0.2) is 13.1 Å². The largest absolute Gasteiger partial charge is 0.396 e. The summed E-state index contributed by atoms with van der Waals surface area (Å²) >= 11 is 0. The summed E-state index contributed by atoms with van der Waals surface area (Å²) in [4.78, 5) is 0.150. The van der Waals surface area contributed by atoms with Crippen LogP contribution in [-0.4, -0.2) is 25.7 Å². The smallest absolute Gasteiger partial charge is 0.241 e. The molecular formula is C13H18N2O3S. The van der Waals surface area contributed by atoms with E-state index in [1.165, 1.54) is 18.2 Å². The van der Waals surface area contributed by atoms with E-state index in [2.05, 4.69) is 4.72 Å². The molecule has 1 aromatic rings. The topological polar surface area (TPSA) is 90.2 Å². The molecule has 0 bridgehead atoms. The number of hydrogen-bond donors (Lipinski definition) is 2. The van der Waals surface area contributed by atoms with Gasteiger partial charge in [-0.2, -0.15) is 5.26 Å². The van der Waals surface area contributed by atoms with Crippen molar-refractivity contribution in [3.8, 4) is 6.07 Å². The molecule has 0 spiro atoms. The van der Waals surface area contributed by atoms with Crippen LogP contribution in [0.25, 0.3) is 0 Å². The molecule has 1 aromatic carbocycles. The minimum absolute atomic E-state index is 0.0954. The number of aliphatic hydroxyl groups excluding tert-OH is 1. The Labute approximate surface area is 113 Å². The maximum Gasteiger partial charge on any atom is 0.241 e. The van der Waals surface area contributed by atoms with Crippen LogP contribution < -0.4 is 4.72 Å². The number of aliphatic hydroxyl groups is 1. The molecule has 0 aromatic heterocycles. The van der Waals surface area contributed by atoms with Crippen LogP contribution in [0.15, 0.2) is 23.1 Å². The number of nitrogens with zero attached hydrogens (tertiary/aromatic N) is 1. The molecule has 0 aliphatic carbocycles. The Hall–Kier alpha value is -1.42. The van der Waals surface area contributed by atoms with E-state index in [4.69, 9.17) is 10.4 Å². The summed E-state index contributed by atoms with van der Waals surface area (Å²) in [6.45, 7) is 4.97. The first-order chi connectivity index (χ1) is 8.72. The molecule has 0 radical (unpaired) electrons. The summed E-state index contributed by atoms with van der Waals surface area (Å²) in [6.07, 6.45) is 0.321. The molecule has 104 valence electrons. The van der Waals surface area contributed by atoms with Crippen molar-refractivity contribution in [1.29, 1.82) is 5.26 Å². The van der Waals surface area contributed by atoms with Crippen LogP contribution >= 0.6 is 0 Å². The molecule has 0 fully saturated rings. The van der Waals surface area contributed by atoms with Crippen LogP contribution in [0.4, 0.5) is 0 Å². The standard InChI is InChI=1S/C13H18N2O3S/c1-10-8-11(9-14)4-5-12(10)19(17,18)15-13(2,3)6-7-16/h4-5,8,15-16H,6-7H2,1-3H3. The molecule has 0 aliphatic heterocycles. The third kappa shape index (κ3) is 4.03. The van der Waals surface area contributed by atoms with Gasteiger partial charge in [0.1, 0.15) is 0 Å². The van der Waals surface area contributed by atoms with Crippen molar-refractivity contribution in [2.75, 3.05) is 6.61 Å². The van der Waals surface area contributed by atoms with Gasteiger partial charge in [-0.05, 0) is 51.0 Å². The van der Waals surface area contributed by atoms with Gasteiger partial charge in [0.15, 0.2) is 0 Å². The lowest BCUT2D eigenvalue weighted by Crippen LogP contribution is -2.44. The summed E-state index contributed by atoms with van der Waals surface area (Å²) in [6, 6.07) is 6.40. The predicted molar refractivity (Wildman–Crippen MR) is 72.0 cm³/mol. The second-order valence-electron chi connectivity index (χ2n) is 5.06. The molecule has 1 rings (SSSR count). The average molecular weight is 282 g/mol. The maximum atomic E-state index is 12.3. The molecule has 0 unspecified atom stereocenters. The summed E-state index contributed by atoms with van der Waals surface area (Å²) in [5, 5.41) is 17.7. The predicted octanol–water partition coefficient (Wildman–Crippen LogP) is 1.31. The van der Waals surface area contributed by atoms with Gasteiger partial charge in [0.2, 0.25) is 10.0 Å². The van der Waals surface area contributed by atoms with Gasteiger partial charge in [-0.3, -0.25) is 0 Å². The number of rotatable bonds is 5. The van der Waals surface area contributed by atoms with Gasteiger partial charge in [0, 0.05) is 12.1 Å². The van der Waals surface area contributed by atoms with Crippen molar-refractivity contribution >= 4 is 10.0 Å². The molecule has 0 aliphatic rings. The quantitative estimate of drug-likeness (QED) is 0.852. The van der Waals surface area contributed by atoms with Gasteiger partial charge in [-0.15, -0.1) is 0 Å². The third-order valence-corrected chi connectivity index (χ3v) is 4.60. The number of sulfonamides is 1. The van der Waals surface area contributed by atoms with Gasteiger partial charge in [-0.1, -0.05) is 0 Å². The van der Waals surface area contributed by atoms with Crippen molar-refractivity contribution in [1.82, 2.24) is 4.72 Å². The van der Waals surface area contributed by atoms with Crippen LogP contribution in [0.3, 0.4) is 0 Å². The highest BCUT2D eigenvalue weighted by Crippen LogP contribution is 2.19. The number of aryl methyl sites for hydroxylation is 1. The Balaban J connectivity index is 3.12. The summed E-state index contributed by atoms with van der Waals surface area (Å²) in [7, 11) is -3.67. The summed E-state index contributed by atoms with van der Waals surface area (Å²) in [5.74, 6) is 0. The lowest BCUT2D eigenvalue weighted by atomic mass is 10.0. The van der Waals surface area contributed by atoms with Crippen LogP contribution in [-0.2, 0) is 10.0 Å². The zero-order valence-corrected chi connectivity index (χ0v) is 12.1. The Morgan fingerprint density at radius 1 is 1.42 bits per heavy atom. The van der Waals surface area contributed by atoms with E-state index in [0.29, 0.717) is 17.5 Å². The van der Waals surface area contributed by atoms with E-state index >= 15 is 0 Å². The summed E-state index contributed by atoms with van der Waals surface area (Å²) < 4.78 is 27.1. The van der Waals surface area contributed by atoms with E-state index in [-0.39, 0.29) is 11.5 Å². The van der Waals surface area contributed by atoms with Crippen LogP contribution in [0.1, 0.15) is 31.4 Å². The Bertz CT molecular complexity index is 601. The highest BCUT2D eigenvalue weighted by Gasteiger charge is 2.26. The van der Waals surface area contributed by atoms with Crippen LogP contribution in [0.2, 0.25) is 0 Å². The minimum Gasteiger partial charge on any atom is -0.396 e. The van der Waals surface area contributed by atoms with Crippen molar-refractivity contribution in [2.24, 2.45) is 0 Å². The molecule has 2 N–H and O–H groups in total.